The normalized spacial score (nSPS) is 20.8. The molecule has 8 nitrogen and oxygen atoms in total. The molecule has 9 heteroatoms. The Kier molecular flexibility index (Phi) is 7.09. The second kappa shape index (κ2) is 10.2. The fourth-order valence-electron chi connectivity index (χ4n) is 5.89. The summed E-state index contributed by atoms with van der Waals surface area (Å²) in [7, 11) is -3.86. The Hall–Kier alpha value is -3.17. The Morgan fingerprint density at radius 2 is 1.63 bits per heavy atom. The molecular weight excluding hydrogens is 500 g/mol. The summed E-state index contributed by atoms with van der Waals surface area (Å²) in [5.74, 6) is -0.394. The third kappa shape index (κ3) is 4.85. The first-order chi connectivity index (χ1) is 18.1. The fraction of sp³-hybridized carbons (Fsp3) is 0.448. The zero-order valence-electron chi connectivity index (χ0n) is 22.8. The second-order valence-electron chi connectivity index (χ2n) is 10.7. The van der Waals surface area contributed by atoms with Crippen molar-refractivity contribution in [2.45, 2.75) is 45.4 Å². The number of anilines is 1. The average Bonchev–Trinajstić information content (AvgIpc) is 3.49. The molecule has 0 N–H and O–H groups in total. The number of hydrogen-bond acceptors (Lipinski definition) is 6. The lowest BCUT2D eigenvalue weighted by molar-refractivity contribution is -0.135. The molecule has 2 saturated heterocycles. The number of nitrogens with zero attached hydrogens (tertiary/aromatic N) is 4. The highest BCUT2D eigenvalue weighted by molar-refractivity contribution is 7.89. The number of aryl methyl sites for hydroxylation is 5. The highest BCUT2D eigenvalue weighted by atomic mass is 32.2. The minimum Gasteiger partial charge on any atom is -0.368 e. The van der Waals surface area contributed by atoms with Crippen LogP contribution in [0.4, 0.5) is 5.69 Å². The van der Waals surface area contributed by atoms with Gasteiger partial charge in [0.1, 0.15) is 10.6 Å². The van der Waals surface area contributed by atoms with E-state index in [-0.39, 0.29) is 35.6 Å². The minimum atomic E-state index is -3.86. The number of rotatable bonds is 5. The molecule has 1 aromatic heterocycles. The van der Waals surface area contributed by atoms with Crippen LogP contribution >= 0.6 is 0 Å². The van der Waals surface area contributed by atoms with E-state index in [0.717, 1.165) is 24.2 Å². The van der Waals surface area contributed by atoms with Gasteiger partial charge in [0, 0.05) is 50.9 Å². The smallest absolute Gasteiger partial charge is 0.248 e. The van der Waals surface area contributed by atoms with Gasteiger partial charge in [0.2, 0.25) is 15.9 Å². The van der Waals surface area contributed by atoms with Gasteiger partial charge in [-0.2, -0.15) is 4.31 Å². The number of carbonyl (C=O) groups excluding carboxylic acids is 1. The van der Waals surface area contributed by atoms with Crippen LogP contribution in [0.15, 0.2) is 51.9 Å². The van der Waals surface area contributed by atoms with E-state index in [2.05, 4.69) is 48.2 Å². The van der Waals surface area contributed by atoms with Gasteiger partial charge in [-0.05, 0) is 57.4 Å². The van der Waals surface area contributed by atoms with Gasteiger partial charge in [0.05, 0.1) is 5.92 Å². The molecule has 3 heterocycles. The van der Waals surface area contributed by atoms with Crippen molar-refractivity contribution in [3.05, 3.63) is 76.2 Å². The summed E-state index contributed by atoms with van der Waals surface area (Å²) in [6.07, 6.45) is 0. The summed E-state index contributed by atoms with van der Waals surface area (Å²) < 4.78 is 34.0. The van der Waals surface area contributed by atoms with Crippen LogP contribution in [0.3, 0.4) is 0 Å². The molecule has 2 atom stereocenters. The van der Waals surface area contributed by atoms with Crippen LogP contribution in [-0.2, 0) is 14.8 Å². The molecule has 2 fully saturated rings. The van der Waals surface area contributed by atoms with Gasteiger partial charge in [-0.25, -0.2) is 8.42 Å². The molecule has 0 radical (unpaired) electrons. The van der Waals surface area contributed by atoms with Crippen molar-refractivity contribution in [3.63, 3.8) is 0 Å². The number of hydrogen-bond donors (Lipinski definition) is 0. The van der Waals surface area contributed by atoms with Gasteiger partial charge in [-0.1, -0.05) is 47.1 Å². The topological polar surface area (TPSA) is 87.0 Å². The number of piperazine rings is 1. The molecule has 1 amide bonds. The van der Waals surface area contributed by atoms with Crippen molar-refractivity contribution in [1.29, 1.82) is 0 Å². The molecule has 0 spiro atoms. The van der Waals surface area contributed by atoms with E-state index in [1.165, 1.54) is 21.1 Å². The quantitative estimate of drug-likeness (QED) is 0.491. The Bertz CT molecular complexity index is 1440. The molecule has 3 aromatic rings. The minimum absolute atomic E-state index is 0.0218. The van der Waals surface area contributed by atoms with Crippen LogP contribution in [0.5, 0.6) is 0 Å². The summed E-state index contributed by atoms with van der Waals surface area (Å²) in [4.78, 5) is 18.3. The molecule has 2 aliphatic rings. The van der Waals surface area contributed by atoms with Gasteiger partial charge in [0.25, 0.3) is 0 Å². The van der Waals surface area contributed by atoms with E-state index in [1.807, 2.05) is 30.0 Å². The van der Waals surface area contributed by atoms with Crippen molar-refractivity contribution in [3.8, 4) is 0 Å². The summed E-state index contributed by atoms with van der Waals surface area (Å²) >= 11 is 0. The summed E-state index contributed by atoms with van der Waals surface area (Å²) in [6.45, 7) is 12.6. The third-order valence-electron chi connectivity index (χ3n) is 7.94. The summed E-state index contributed by atoms with van der Waals surface area (Å²) in [5, 5.41) is 3.85. The fourth-order valence-corrected chi connectivity index (χ4v) is 7.67. The Morgan fingerprint density at radius 1 is 0.921 bits per heavy atom. The molecule has 5 rings (SSSR count). The van der Waals surface area contributed by atoms with Gasteiger partial charge in [0.15, 0.2) is 5.76 Å². The van der Waals surface area contributed by atoms with E-state index in [4.69, 9.17) is 4.52 Å². The van der Waals surface area contributed by atoms with Crippen molar-refractivity contribution < 1.29 is 17.7 Å². The molecule has 0 aliphatic carbocycles. The molecule has 1 unspecified atom stereocenters. The molecule has 2 aliphatic heterocycles. The van der Waals surface area contributed by atoms with Crippen molar-refractivity contribution in [2.75, 3.05) is 44.2 Å². The van der Waals surface area contributed by atoms with Crippen LogP contribution in [0.1, 0.15) is 39.6 Å². The second-order valence-corrected chi connectivity index (χ2v) is 12.6. The zero-order chi connectivity index (χ0) is 27.2. The lowest BCUT2D eigenvalue weighted by Gasteiger charge is -2.38. The first kappa shape index (κ1) is 26.4. The Morgan fingerprint density at radius 3 is 2.29 bits per heavy atom. The number of sulfonamides is 1. The Labute approximate surface area is 225 Å². The molecule has 38 heavy (non-hydrogen) atoms. The Balaban J connectivity index is 1.39. The standard InChI is InChI=1S/C29H36N4O4S/c1-19-7-6-8-24(15-19)25-17-33(38(35,36)28-22(4)30-37-23(28)5)18-26(25)29(34)32-13-11-31(12-14-32)27-16-20(2)9-10-21(27)3/h6-10,15-16,25-26H,11-14,17-18H2,1-5H3/t25-,26?/m0/s1. The highest BCUT2D eigenvalue weighted by Crippen LogP contribution is 2.38. The van der Waals surface area contributed by atoms with Crippen LogP contribution in [0.2, 0.25) is 0 Å². The predicted molar refractivity (Wildman–Crippen MR) is 147 cm³/mol. The van der Waals surface area contributed by atoms with Gasteiger partial charge >= 0.3 is 0 Å². The van der Waals surface area contributed by atoms with Gasteiger partial charge in [-0.3, -0.25) is 4.79 Å². The zero-order valence-corrected chi connectivity index (χ0v) is 23.6. The van der Waals surface area contributed by atoms with E-state index < -0.39 is 15.9 Å². The van der Waals surface area contributed by atoms with E-state index in [9.17, 15) is 13.2 Å². The highest BCUT2D eigenvalue weighted by Gasteiger charge is 2.46. The number of benzene rings is 2. The lowest BCUT2D eigenvalue weighted by atomic mass is 9.87. The van der Waals surface area contributed by atoms with Crippen molar-refractivity contribution in [1.82, 2.24) is 14.4 Å². The van der Waals surface area contributed by atoms with Crippen molar-refractivity contribution >= 4 is 21.6 Å². The van der Waals surface area contributed by atoms with Crippen LogP contribution in [-0.4, -0.2) is 68.0 Å². The predicted octanol–water partition coefficient (Wildman–Crippen LogP) is 3.97. The monoisotopic (exact) mass is 536 g/mol. The first-order valence-electron chi connectivity index (χ1n) is 13.2. The molecule has 202 valence electrons. The summed E-state index contributed by atoms with van der Waals surface area (Å²) in [5.41, 5.74) is 6.08. The molecule has 0 saturated carbocycles. The maximum absolute atomic E-state index is 14.0. The van der Waals surface area contributed by atoms with E-state index >= 15 is 0 Å². The summed E-state index contributed by atoms with van der Waals surface area (Å²) in [6, 6.07) is 14.5. The average molecular weight is 537 g/mol. The maximum Gasteiger partial charge on any atom is 0.248 e. The maximum atomic E-state index is 14.0. The van der Waals surface area contributed by atoms with Gasteiger partial charge in [-0.15, -0.1) is 0 Å². The number of carbonyl (C=O) groups is 1. The molecule has 2 aromatic carbocycles. The molecule has 0 bridgehead atoms. The van der Waals surface area contributed by atoms with Gasteiger partial charge < -0.3 is 14.3 Å². The first-order valence-corrected chi connectivity index (χ1v) is 14.6. The van der Waals surface area contributed by atoms with Crippen LogP contribution in [0, 0.1) is 40.5 Å². The largest absolute Gasteiger partial charge is 0.368 e. The number of aromatic nitrogens is 1. The van der Waals surface area contributed by atoms with Crippen molar-refractivity contribution in [2.24, 2.45) is 5.92 Å². The van der Waals surface area contributed by atoms with Crippen LogP contribution < -0.4 is 4.90 Å². The van der Waals surface area contributed by atoms with E-state index in [0.29, 0.717) is 18.8 Å². The van der Waals surface area contributed by atoms with Crippen LogP contribution in [0.25, 0.3) is 0 Å². The SMILES string of the molecule is Cc1cccc([C@@H]2CN(S(=O)(=O)c3c(C)noc3C)CC2C(=O)N2CCN(c3cc(C)ccc3C)CC2)c1. The molecular formula is C29H36N4O4S. The van der Waals surface area contributed by atoms with E-state index in [1.54, 1.807) is 13.8 Å². The lowest BCUT2D eigenvalue weighted by Crippen LogP contribution is -2.51. The number of amides is 1. The third-order valence-corrected chi connectivity index (χ3v) is 10.0.